The number of sulfonamides is 3. The smallest absolute Gasteiger partial charge is 0.337 e. The predicted molar refractivity (Wildman–Crippen MR) is 372 cm³/mol. The molecule has 0 heterocycles. The summed E-state index contributed by atoms with van der Waals surface area (Å²) >= 11 is 31.0. The second-order valence-electron chi connectivity index (χ2n) is 24.6. The minimum atomic E-state index is -3.68. The number of carboxylic acids is 1. The lowest BCUT2D eigenvalue weighted by Gasteiger charge is -2.71. The van der Waals surface area contributed by atoms with Gasteiger partial charge in [-0.05, 0) is 221 Å². The van der Waals surface area contributed by atoms with Crippen LogP contribution in [-0.2, 0) is 46.5 Å². The quantitative estimate of drug-likeness (QED) is 0.0622. The van der Waals surface area contributed by atoms with E-state index in [4.69, 9.17) is 78.9 Å². The van der Waals surface area contributed by atoms with E-state index >= 15 is 0 Å². The highest BCUT2D eigenvalue weighted by Gasteiger charge is 2.69. The van der Waals surface area contributed by atoms with Crippen LogP contribution in [0.3, 0.4) is 0 Å². The minimum Gasteiger partial charge on any atom is -0.478 e. The number of hydrogen-bond donors (Lipinski definition) is 6. The molecule has 3 aliphatic carbocycles. The minimum absolute atomic E-state index is 0.00169. The SMILES string of the molecule is CC(C)(C)S(=O)(=O)Nc1ccc(Cl)cc1C#N.CC(C)(C)S(=O)(=O)Nc1ccc(Cl)cc1C(=O)NC12CC(c3ccccc3)(C1)C2.CC(C)(C)S(=O)(=O)Nc1ccc(Cl)cc1C(=O)O.CC(C)(C)S(=O)Nc1ccc(Cl)cc1C#N.N#Cc1cc(Cl)ccc1I. The number of benzene rings is 6. The zero-order chi connectivity index (χ0) is 68.4. The molecule has 0 aromatic heterocycles. The number of nitrogens with one attached hydrogen (secondary N) is 5. The van der Waals surface area contributed by atoms with Gasteiger partial charge < -0.3 is 15.1 Å². The summed E-state index contributed by atoms with van der Waals surface area (Å²) in [6, 6.07) is 39.4. The Balaban J connectivity index is 0.000000251. The van der Waals surface area contributed by atoms with Gasteiger partial charge in [-0.25, -0.2) is 34.3 Å². The Morgan fingerprint density at radius 3 is 1.24 bits per heavy atom. The van der Waals surface area contributed by atoms with Gasteiger partial charge in [0.15, 0.2) is 0 Å². The van der Waals surface area contributed by atoms with Crippen molar-refractivity contribution in [3.63, 3.8) is 0 Å². The lowest BCUT2D eigenvalue weighted by atomic mass is 9.37. The average molecular weight is 1520 g/mol. The number of amides is 1. The van der Waals surface area contributed by atoms with E-state index in [0.29, 0.717) is 36.9 Å². The summed E-state index contributed by atoms with van der Waals surface area (Å²) in [6.07, 6.45) is 2.71. The van der Waals surface area contributed by atoms with Gasteiger partial charge in [-0.1, -0.05) is 88.3 Å². The number of carbonyl (C=O) groups is 2. The first-order valence-electron chi connectivity index (χ1n) is 27.0. The van der Waals surface area contributed by atoms with Crippen molar-refractivity contribution in [1.29, 1.82) is 15.8 Å². The van der Waals surface area contributed by atoms with Gasteiger partial charge in [0.1, 0.15) is 29.2 Å². The average Bonchev–Trinajstić information content (AvgIpc) is 0.675. The fraction of sp³-hybridized carbons (Fsp3) is 0.339. The van der Waals surface area contributed by atoms with Crippen molar-refractivity contribution in [2.24, 2.45) is 0 Å². The Bertz CT molecular complexity index is 4150. The van der Waals surface area contributed by atoms with Gasteiger partial charge in [0.2, 0.25) is 30.1 Å². The van der Waals surface area contributed by atoms with Gasteiger partial charge in [-0.3, -0.25) is 19.0 Å². The van der Waals surface area contributed by atoms with Crippen molar-refractivity contribution in [2.45, 2.75) is 132 Å². The Labute approximate surface area is 569 Å². The maximum absolute atomic E-state index is 13.0. The van der Waals surface area contributed by atoms with E-state index in [1.165, 1.54) is 74.9 Å². The van der Waals surface area contributed by atoms with E-state index in [2.05, 4.69) is 58.9 Å². The molecular formula is C62H68Cl5IN8O10S4. The summed E-state index contributed by atoms with van der Waals surface area (Å²) in [4.78, 5) is 24.0. The molecule has 3 fully saturated rings. The lowest BCUT2D eigenvalue weighted by molar-refractivity contribution is -0.0808. The standard InChI is InChI=1S/C22H25ClN2O3S.C11H13ClN2O2S.C11H13ClN2OS.C11H14ClNO4S.C7H3ClIN/c1-20(2,3)29(27,28)25-18-10-9-16(23)11-17(18)19(26)24-22-12-21(13-22,14-22)15-7-5-4-6-8-15;1-11(2,3)17(15,16)14-10-5-4-9(12)6-8(10)7-13;1-11(2,3)16(15)14-10-5-4-9(12)6-8(10)7-13;1-11(2,3)18(16,17)13-9-5-4-7(12)6-8(9)10(14)15;8-6-1-2-7(9)5(3-6)4-10/h4-11,25H,12-14H2,1-3H3,(H,24,26);4-6,14H,1-3H3;4-6,14H,1-3H3;4-6,13H,1-3H3,(H,14,15);1-3H. The molecule has 1 unspecified atom stereocenters. The molecule has 28 heteroatoms. The van der Waals surface area contributed by atoms with Crippen LogP contribution in [0.1, 0.15) is 145 Å². The monoisotopic (exact) mass is 1510 g/mol. The zero-order valence-corrected chi connectivity index (χ0v) is 60.2. The third kappa shape index (κ3) is 20.6. The molecule has 482 valence electrons. The highest BCUT2D eigenvalue weighted by Crippen LogP contribution is 2.67. The van der Waals surface area contributed by atoms with Gasteiger partial charge in [0.25, 0.3) is 5.91 Å². The van der Waals surface area contributed by atoms with E-state index < -0.39 is 61.3 Å². The fourth-order valence-electron chi connectivity index (χ4n) is 8.03. The van der Waals surface area contributed by atoms with Crippen LogP contribution >= 0.6 is 80.6 Å². The molecule has 90 heavy (non-hydrogen) atoms. The molecule has 6 aromatic rings. The fourth-order valence-corrected chi connectivity index (χ4v) is 12.3. The van der Waals surface area contributed by atoms with Gasteiger partial charge in [0.05, 0.1) is 69.6 Å². The molecule has 9 rings (SSSR count). The van der Waals surface area contributed by atoms with Crippen molar-refractivity contribution in [3.8, 4) is 18.2 Å². The van der Waals surface area contributed by atoms with Crippen molar-refractivity contribution < 1.29 is 44.2 Å². The van der Waals surface area contributed by atoms with Crippen LogP contribution in [0.2, 0.25) is 25.1 Å². The van der Waals surface area contributed by atoms with Gasteiger partial charge in [0, 0.05) is 39.6 Å². The molecule has 1 atom stereocenters. The Hall–Kier alpha value is -5.89. The van der Waals surface area contributed by atoms with Crippen LogP contribution in [0.4, 0.5) is 22.7 Å². The first-order valence-corrected chi connectivity index (χ1v) is 35.5. The number of hydrogen-bond acceptors (Lipinski definition) is 12. The van der Waals surface area contributed by atoms with Gasteiger partial charge >= 0.3 is 5.97 Å². The molecule has 0 saturated heterocycles. The summed E-state index contributed by atoms with van der Waals surface area (Å²) in [7, 11) is -12.1. The Kier molecular flexibility index (Phi) is 25.7. The van der Waals surface area contributed by atoms with E-state index in [1.807, 2.05) is 63.2 Å². The molecule has 0 radical (unpaired) electrons. The topological polar surface area (TPSA) is 305 Å². The number of carbonyl (C=O) groups excluding carboxylic acids is 1. The summed E-state index contributed by atoms with van der Waals surface area (Å²) in [5.41, 5.74) is 3.58. The summed E-state index contributed by atoms with van der Waals surface area (Å²) in [5, 5.41) is 40.6. The van der Waals surface area contributed by atoms with Crippen LogP contribution in [-0.4, -0.2) is 71.0 Å². The number of halogens is 6. The molecule has 6 N–H and O–H groups in total. The van der Waals surface area contributed by atoms with Gasteiger partial charge in [-0.2, -0.15) is 15.8 Å². The number of nitriles is 3. The van der Waals surface area contributed by atoms with Crippen LogP contribution in [0, 0.1) is 37.6 Å². The summed E-state index contributed by atoms with van der Waals surface area (Å²) < 4.78 is 92.3. The largest absolute Gasteiger partial charge is 0.478 e. The van der Waals surface area contributed by atoms with Crippen molar-refractivity contribution >= 4 is 156 Å². The molecule has 6 aromatic carbocycles. The van der Waals surface area contributed by atoms with Crippen LogP contribution in [0.15, 0.2) is 121 Å². The second-order valence-corrected chi connectivity index (χ2v) is 37.2. The number of anilines is 4. The normalized spacial score (nSPS) is 16.2. The first kappa shape index (κ1) is 76.6. The number of rotatable bonds is 12. The molecule has 2 bridgehead atoms. The second kappa shape index (κ2) is 30.2. The molecule has 18 nitrogen and oxygen atoms in total. The highest BCUT2D eigenvalue weighted by molar-refractivity contribution is 14.1. The first-order chi connectivity index (χ1) is 41.2. The van der Waals surface area contributed by atoms with Crippen molar-refractivity contribution in [1.82, 2.24) is 5.32 Å². The van der Waals surface area contributed by atoms with E-state index in [0.717, 1.165) is 22.8 Å². The Morgan fingerprint density at radius 2 is 0.856 bits per heavy atom. The summed E-state index contributed by atoms with van der Waals surface area (Å²) in [6.45, 7) is 19.7. The van der Waals surface area contributed by atoms with Crippen LogP contribution in [0.25, 0.3) is 0 Å². The van der Waals surface area contributed by atoms with E-state index in [1.54, 1.807) is 77.9 Å². The molecule has 1 amide bonds. The highest BCUT2D eigenvalue weighted by atomic mass is 127. The number of nitrogens with zero attached hydrogens (tertiary/aromatic N) is 3. The van der Waals surface area contributed by atoms with Crippen molar-refractivity contribution in [3.05, 3.63) is 183 Å². The lowest BCUT2D eigenvalue weighted by Crippen LogP contribution is -2.76. The third-order valence-corrected chi connectivity index (χ3v) is 23.3. The number of carboxylic acid groups (broad SMARTS) is 1. The van der Waals surface area contributed by atoms with E-state index in [9.17, 15) is 39.1 Å². The molecule has 0 spiro atoms. The van der Waals surface area contributed by atoms with Crippen LogP contribution < -0.4 is 24.2 Å². The molecule has 3 saturated carbocycles. The molecular weight excluding hydrogens is 1450 g/mol. The summed E-state index contributed by atoms with van der Waals surface area (Å²) in [5.74, 6) is -1.55. The molecule has 0 aliphatic heterocycles. The third-order valence-electron chi connectivity index (χ3n) is 13.4. The Morgan fingerprint density at radius 1 is 0.511 bits per heavy atom. The van der Waals surface area contributed by atoms with Crippen molar-refractivity contribution in [2.75, 3.05) is 18.9 Å². The van der Waals surface area contributed by atoms with Crippen LogP contribution in [0.5, 0.6) is 0 Å². The predicted octanol–water partition coefficient (Wildman–Crippen LogP) is 15.7. The molecule has 3 aliphatic rings. The van der Waals surface area contributed by atoms with E-state index in [-0.39, 0.29) is 60.4 Å². The zero-order valence-electron chi connectivity index (χ0n) is 51.0. The number of aromatic carboxylic acids is 1. The maximum Gasteiger partial charge on any atom is 0.337 e. The maximum atomic E-state index is 13.0. The van der Waals surface area contributed by atoms with Gasteiger partial charge in [-0.15, -0.1) is 0 Å².